The van der Waals surface area contributed by atoms with Crippen LogP contribution in [0, 0.1) is 5.92 Å². The van der Waals surface area contributed by atoms with Crippen LogP contribution in [0.2, 0.25) is 0 Å². The lowest BCUT2D eigenvalue weighted by molar-refractivity contribution is -0.142. The number of carbonyl (C=O) groups is 1. The van der Waals surface area contributed by atoms with Crippen molar-refractivity contribution in [3.63, 3.8) is 0 Å². The van der Waals surface area contributed by atoms with Crippen LogP contribution >= 0.6 is 0 Å². The standard InChI is InChI=1S/C21H18O2/c22-21(19-14-13-17(19)15-7-2-1-3-8-15)23-20-12-6-10-16-9-4-5-11-18(16)20/h1-12,17,19H,13-14H2/t17-,19-/m1/s1. The minimum atomic E-state index is -0.110. The first-order valence-electron chi connectivity index (χ1n) is 8.07. The van der Waals surface area contributed by atoms with Gasteiger partial charge in [-0.3, -0.25) is 4.79 Å². The van der Waals surface area contributed by atoms with Gasteiger partial charge in [0.25, 0.3) is 0 Å². The van der Waals surface area contributed by atoms with Crippen LogP contribution in [0.1, 0.15) is 24.3 Å². The average molecular weight is 302 g/mol. The Labute approximate surface area is 135 Å². The first kappa shape index (κ1) is 14.0. The quantitative estimate of drug-likeness (QED) is 0.506. The van der Waals surface area contributed by atoms with Gasteiger partial charge in [-0.1, -0.05) is 66.7 Å². The van der Waals surface area contributed by atoms with E-state index in [4.69, 9.17) is 4.74 Å². The van der Waals surface area contributed by atoms with Gasteiger partial charge < -0.3 is 4.74 Å². The molecular weight excluding hydrogens is 284 g/mol. The summed E-state index contributed by atoms with van der Waals surface area (Å²) in [6, 6.07) is 24.1. The molecule has 0 radical (unpaired) electrons. The third-order valence-electron chi connectivity index (χ3n) is 4.77. The molecule has 0 unspecified atom stereocenters. The molecule has 0 aromatic heterocycles. The van der Waals surface area contributed by atoms with Crippen LogP contribution in [-0.2, 0) is 4.79 Å². The molecule has 2 nitrogen and oxygen atoms in total. The van der Waals surface area contributed by atoms with Gasteiger partial charge in [0.1, 0.15) is 5.75 Å². The van der Waals surface area contributed by atoms with Crippen LogP contribution in [0.15, 0.2) is 72.8 Å². The Morgan fingerprint density at radius 1 is 0.826 bits per heavy atom. The maximum Gasteiger partial charge on any atom is 0.314 e. The second-order valence-electron chi connectivity index (χ2n) is 6.10. The molecule has 0 N–H and O–H groups in total. The zero-order valence-corrected chi connectivity index (χ0v) is 12.8. The highest BCUT2D eigenvalue weighted by molar-refractivity contribution is 5.90. The number of benzene rings is 3. The Balaban J connectivity index is 1.56. The van der Waals surface area contributed by atoms with Crippen LogP contribution in [0.25, 0.3) is 10.8 Å². The summed E-state index contributed by atoms with van der Waals surface area (Å²) in [5, 5.41) is 2.07. The van der Waals surface area contributed by atoms with Crippen LogP contribution in [0.5, 0.6) is 5.75 Å². The summed E-state index contributed by atoms with van der Waals surface area (Å²) in [6.45, 7) is 0. The monoisotopic (exact) mass is 302 g/mol. The molecule has 0 heterocycles. The Kier molecular flexibility index (Phi) is 3.58. The summed E-state index contributed by atoms with van der Waals surface area (Å²) < 4.78 is 5.74. The minimum absolute atomic E-state index is 0.0311. The molecule has 1 aliphatic rings. The van der Waals surface area contributed by atoms with Gasteiger partial charge in [-0.05, 0) is 35.8 Å². The zero-order valence-electron chi connectivity index (χ0n) is 12.8. The molecule has 3 aromatic carbocycles. The molecule has 1 saturated carbocycles. The molecule has 2 heteroatoms. The van der Waals surface area contributed by atoms with Crippen molar-refractivity contribution in [1.29, 1.82) is 0 Å². The van der Waals surface area contributed by atoms with Gasteiger partial charge in [-0.25, -0.2) is 0 Å². The van der Waals surface area contributed by atoms with Gasteiger partial charge in [0.2, 0.25) is 0 Å². The SMILES string of the molecule is O=C(Oc1cccc2ccccc12)[C@@H]1CC[C@@H]1c1ccccc1. The van der Waals surface area contributed by atoms with Gasteiger partial charge in [-0.15, -0.1) is 0 Å². The Morgan fingerprint density at radius 2 is 1.57 bits per heavy atom. The lowest BCUT2D eigenvalue weighted by Gasteiger charge is -2.35. The van der Waals surface area contributed by atoms with E-state index in [0.29, 0.717) is 11.7 Å². The van der Waals surface area contributed by atoms with Crippen LogP contribution < -0.4 is 4.74 Å². The second-order valence-corrected chi connectivity index (χ2v) is 6.10. The molecular formula is C21H18O2. The zero-order chi connectivity index (χ0) is 15.6. The third kappa shape index (κ3) is 2.61. The molecule has 1 aliphatic carbocycles. The van der Waals surface area contributed by atoms with Gasteiger partial charge in [0.05, 0.1) is 5.92 Å². The fourth-order valence-corrected chi connectivity index (χ4v) is 3.35. The van der Waals surface area contributed by atoms with Crippen molar-refractivity contribution in [2.24, 2.45) is 5.92 Å². The van der Waals surface area contributed by atoms with Gasteiger partial charge in [-0.2, -0.15) is 0 Å². The maximum absolute atomic E-state index is 12.6. The molecule has 2 atom stereocenters. The van der Waals surface area contributed by atoms with E-state index < -0.39 is 0 Å². The predicted molar refractivity (Wildman–Crippen MR) is 91.5 cm³/mol. The molecule has 0 bridgehead atoms. The van der Waals surface area contributed by atoms with E-state index in [1.54, 1.807) is 0 Å². The Morgan fingerprint density at radius 3 is 2.35 bits per heavy atom. The van der Waals surface area contributed by atoms with E-state index >= 15 is 0 Å². The minimum Gasteiger partial charge on any atom is -0.426 e. The highest BCUT2D eigenvalue weighted by Crippen LogP contribution is 2.43. The van der Waals surface area contributed by atoms with E-state index in [0.717, 1.165) is 23.6 Å². The smallest absolute Gasteiger partial charge is 0.314 e. The van der Waals surface area contributed by atoms with E-state index in [1.807, 2.05) is 60.7 Å². The lowest BCUT2D eigenvalue weighted by atomic mass is 9.70. The van der Waals surface area contributed by atoms with Gasteiger partial charge in [0.15, 0.2) is 0 Å². The largest absolute Gasteiger partial charge is 0.426 e. The van der Waals surface area contributed by atoms with Crippen molar-refractivity contribution in [2.45, 2.75) is 18.8 Å². The fraction of sp³-hybridized carbons (Fsp3) is 0.190. The number of esters is 1. The number of hydrogen-bond donors (Lipinski definition) is 0. The van der Waals surface area contributed by atoms with E-state index in [-0.39, 0.29) is 11.9 Å². The molecule has 1 fully saturated rings. The fourth-order valence-electron chi connectivity index (χ4n) is 3.35. The molecule has 0 saturated heterocycles. The second kappa shape index (κ2) is 5.88. The number of fused-ring (bicyclic) bond motifs is 1. The van der Waals surface area contributed by atoms with Crippen LogP contribution in [0.3, 0.4) is 0 Å². The number of carbonyl (C=O) groups excluding carboxylic acids is 1. The summed E-state index contributed by atoms with van der Waals surface area (Å²) in [7, 11) is 0. The summed E-state index contributed by atoms with van der Waals surface area (Å²) >= 11 is 0. The van der Waals surface area contributed by atoms with E-state index in [2.05, 4.69) is 12.1 Å². The number of rotatable bonds is 3. The van der Waals surface area contributed by atoms with Crippen molar-refractivity contribution in [2.75, 3.05) is 0 Å². The van der Waals surface area contributed by atoms with Crippen molar-refractivity contribution >= 4 is 16.7 Å². The average Bonchev–Trinajstić information content (AvgIpc) is 2.55. The Bertz CT molecular complexity index is 833. The highest BCUT2D eigenvalue weighted by atomic mass is 16.5. The highest BCUT2D eigenvalue weighted by Gasteiger charge is 2.38. The molecule has 0 spiro atoms. The predicted octanol–water partition coefficient (Wildman–Crippen LogP) is 4.94. The summed E-state index contributed by atoms with van der Waals surface area (Å²) in [5.41, 5.74) is 1.23. The Hall–Kier alpha value is -2.61. The summed E-state index contributed by atoms with van der Waals surface area (Å²) in [5.74, 6) is 0.809. The van der Waals surface area contributed by atoms with Crippen molar-refractivity contribution < 1.29 is 9.53 Å². The first-order valence-corrected chi connectivity index (χ1v) is 8.07. The molecule has 4 rings (SSSR count). The third-order valence-corrected chi connectivity index (χ3v) is 4.77. The molecule has 23 heavy (non-hydrogen) atoms. The van der Waals surface area contributed by atoms with E-state index in [1.165, 1.54) is 5.56 Å². The number of hydrogen-bond acceptors (Lipinski definition) is 2. The van der Waals surface area contributed by atoms with Crippen LogP contribution in [-0.4, -0.2) is 5.97 Å². The topological polar surface area (TPSA) is 26.3 Å². The maximum atomic E-state index is 12.6. The number of ether oxygens (including phenoxy) is 1. The van der Waals surface area contributed by atoms with Gasteiger partial charge >= 0.3 is 5.97 Å². The molecule has 0 amide bonds. The van der Waals surface area contributed by atoms with Crippen molar-refractivity contribution in [1.82, 2.24) is 0 Å². The van der Waals surface area contributed by atoms with E-state index in [9.17, 15) is 4.79 Å². The molecule has 114 valence electrons. The molecule has 0 aliphatic heterocycles. The van der Waals surface area contributed by atoms with Crippen LogP contribution in [0.4, 0.5) is 0 Å². The van der Waals surface area contributed by atoms with Crippen molar-refractivity contribution in [3.8, 4) is 5.75 Å². The molecule has 3 aromatic rings. The van der Waals surface area contributed by atoms with Gasteiger partial charge in [0, 0.05) is 5.39 Å². The first-order chi connectivity index (χ1) is 11.3. The lowest BCUT2D eigenvalue weighted by Crippen LogP contribution is -2.34. The summed E-state index contributed by atoms with van der Waals surface area (Å²) in [4.78, 5) is 12.6. The summed E-state index contributed by atoms with van der Waals surface area (Å²) in [6.07, 6.45) is 1.96. The normalized spacial score (nSPS) is 20.0. The van der Waals surface area contributed by atoms with Crippen molar-refractivity contribution in [3.05, 3.63) is 78.4 Å².